The number of nitrogens with zero attached hydrogens (tertiary/aromatic N) is 2. The first-order valence-corrected chi connectivity index (χ1v) is 5.84. The van der Waals surface area contributed by atoms with Crippen molar-refractivity contribution in [3.63, 3.8) is 0 Å². The van der Waals surface area contributed by atoms with Gasteiger partial charge >= 0.3 is 0 Å². The molecule has 94 valence electrons. The van der Waals surface area contributed by atoms with Gasteiger partial charge in [0.2, 0.25) is 5.88 Å². The maximum atomic E-state index is 5.66. The summed E-state index contributed by atoms with van der Waals surface area (Å²) in [6.45, 7) is 3.45. The number of likely N-dealkylation sites (N-methyl/N-ethyl adjacent to an activating group) is 1. The van der Waals surface area contributed by atoms with Crippen LogP contribution in [0.5, 0.6) is 5.88 Å². The van der Waals surface area contributed by atoms with Gasteiger partial charge in [0.25, 0.3) is 0 Å². The van der Waals surface area contributed by atoms with E-state index in [9.17, 15) is 0 Å². The molecule has 5 heteroatoms. The van der Waals surface area contributed by atoms with Gasteiger partial charge in [-0.1, -0.05) is 6.07 Å². The molecule has 1 aromatic rings. The molecule has 1 N–H and O–H groups in total. The number of pyridine rings is 1. The average molecular weight is 237 g/mol. The summed E-state index contributed by atoms with van der Waals surface area (Å²) in [5.74, 6) is 1.54. The van der Waals surface area contributed by atoms with E-state index in [1.807, 2.05) is 25.2 Å². The molecule has 0 spiro atoms. The lowest BCUT2D eigenvalue weighted by Gasteiger charge is -2.28. The average Bonchev–Trinajstić information content (AvgIpc) is 2.40. The van der Waals surface area contributed by atoms with Crippen LogP contribution in [-0.4, -0.2) is 51.5 Å². The summed E-state index contributed by atoms with van der Waals surface area (Å²) in [6.07, 6.45) is 0.224. The zero-order chi connectivity index (χ0) is 12.1. The summed E-state index contributed by atoms with van der Waals surface area (Å²) in [7, 11) is 3.64. The van der Waals surface area contributed by atoms with Crippen LogP contribution in [0.25, 0.3) is 0 Å². The van der Waals surface area contributed by atoms with Gasteiger partial charge in [-0.15, -0.1) is 0 Å². The quantitative estimate of drug-likeness (QED) is 0.827. The second kappa shape index (κ2) is 5.84. The van der Waals surface area contributed by atoms with Gasteiger partial charge in [-0.3, -0.25) is 0 Å². The fourth-order valence-corrected chi connectivity index (χ4v) is 1.87. The van der Waals surface area contributed by atoms with Gasteiger partial charge in [0.1, 0.15) is 5.82 Å². The van der Waals surface area contributed by atoms with Crippen molar-refractivity contribution < 1.29 is 9.47 Å². The maximum Gasteiger partial charge on any atom is 0.214 e. The van der Waals surface area contributed by atoms with Crippen molar-refractivity contribution in [2.45, 2.75) is 6.10 Å². The molecule has 0 amide bonds. The lowest BCUT2D eigenvalue weighted by Crippen LogP contribution is -2.44. The molecule has 5 nitrogen and oxygen atoms in total. The normalized spacial score (nSPS) is 20.0. The summed E-state index contributed by atoms with van der Waals surface area (Å²) in [5.41, 5.74) is 0. The predicted molar refractivity (Wildman–Crippen MR) is 66.7 cm³/mol. The van der Waals surface area contributed by atoms with E-state index in [2.05, 4.69) is 15.2 Å². The van der Waals surface area contributed by atoms with Crippen LogP contribution in [0.4, 0.5) is 5.82 Å². The van der Waals surface area contributed by atoms with Crippen molar-refractivity contribution in [1.29, 1.82) is 0 Å². The van der Waals surface area contributed by atoms with Gasteiger partial charge in [-0.2, -0.15) is 4.98 Å². The number of aromatic nitrogens is 1. The Bertz CT molecular complexity index is 353. The zero-order valence-electron chi connectivity index (χ0n) is 10.3. The number of anilines is 1. The Morgan fingerprint density at radius 1 is 1.59 bits per heavy atom. The maximum absolute atomic E-state index is 5.66. The van der Waals surface area contributed by atoms with Crippen molar-refractivity contribution in [2.24, 2.45) is 0 Å². The molecule has 1 aliphatic heterocycles. The molecule has 1 fully saturated rings. The number of morpholine rings is 1. The molecule has 0 radical (unpaired) electrons. The zero-order valence-corrected chi connectivity index (χ0v) is 10.3. The Hall–Kier alpha value is -1.33. The molecule has 0 bridgehead atoms. The van der Waals surface area contributed by atoms with Crippen molar-refractivity contribution >= 4 is 5.82 Å². The van der Waals surface area contributed by atoms with Crippen LogP contribution in [0, 0.1) is 0 Å². The number of methoxy groups -OCH3 is 1. The van der Waals surface area contributed by atoms with Gasteiger partial charge in [-0.05, 0) is 6.07 Å². The summed E-state index contributed by atoms with van der Waals surface area (Å²) in [5, 5.41) is 3.32. The molecular formula is C12H19N3O2. The molecule has 0 saturated carbocycles. The first-order chi connectivity index (χ1) is 8.29. The second-order valence-electron chi connectivity index (χ2n) is 4.12. The minimum Gasteiger partial charge on any atom is -0.481 e. The highest BCUT2D eigenvalue weighted by Crippen LogP contribution is 2.15. The Morgan fingerprint density at radius 2 is 2.47 bits per heavy atom. The lowest BCUT2D eigenvalue weighted by atomic mass is 10.3. The third kappa shape index (κ3) is 3.31. The second-order valence-corrected chi connectivity index (χ2v) is 4.12. The largest absolute Gasteiger partial charge is 0.481 e. The smallest absolute Gasteiger partial charge is 0.214 e. The summed E-state index contributed by atoms with van der Waals surface area (Å²) < 4.78 is 10.8. The van der Waals surface area contributed by atoms with Crippen LogP contribution in [0.15, 0.2) is 18.2 Å². The fraction of sp³-hybridized carbons (Fsp3) is 0.583. The van der Waals surface area contributed by atoms with Crippen LogP contribution in [0.1, 0.15) is 0 Å². The van der Waals surface area contributed by atoms with Crippen molar-refractivity contribution in [3.8, 4) is 5.88 Å². The van der Waals surface area contributed by atoms with E-state index in [-0.39, 0.29) is 6.10 Å². The van der Waals surface area contributed by atoms with Crippen molar-refractivity contribution in [3.05, 3.63) is 18.2 Å². The summed E-state index contributed by atoms with van der Waals surface area (Å²) >= 11 is 0. The molecule has 1 saturated heterocycles. The van der Waals surface area contributed by atoms with Crippen LogP contribution < -0.4 is 15.0 Å². The third-order valence-electron chi connectivity index (χ3n) is 2.79. The van der Waals surface area contributed by atoms with E-state index in [1.165, 1.54) is 0 Å². The molecule has 2 heterocycles. The fourth-order valence-electron chi connectivity index (χ4n) is 1.87. The van der Waals surface area contributed by atoms with Crippen molar-refractivity contribution in [1.82, 2.24) is 10.3 Å². The molecule has 0 aliphatic carbocycles. The SMILES string of the molecule is COc1cccc(N(C)CC2CNCCO2)n1. The molecule has 1 aliphatic rings. The minimum absolute atomic E-state index is 0.224. The van der Waals surface area contributed by atoms with Gasteiger partial charge in [0, 0.05) is 32.7 Å². The van der Waals surface area contributed by atoms with E-state index in [1.54, 1.807) is 7.11 Å². The van der Waals surface area contributed by atoms with E-state index in [4.69, 9.17) is 9.47 Å². The highest BCUT2D eigenvalue weighted by molar-refractivity contribution is 5.39. The minimum atomic E-state index is 0.224. The number of hydrogen-bond acceptors (Lipinski definition) is 5. The monoisotopic (exact) mass is 237 g/mol. The number of nitrogens with one attached hydrogen (secondary N) is 1. The Kier molecular flexibility index (Phi) is 4.17. The van der Waals surface area contributed by atoms with E-state index >= 15 is 0 Å². The topological polar surface area (TPSA) is 46.6 Å². The van der Waals surface area contributed by atoms with Gasteiger partial charge in [-0.25, -0.2) is 0 Å². The summed E-state index contributed by atoms with van der Waals surface area (Å²) in [6, 6.07) is 5.76. The molecule has 2 rings (SSSR count). The molecule has 0 aromatic carbocycles. The first-order valence-electron chi connectivity index (χ1n) is 5.84. The summed E-state index contributed by atoms with van der Waals surface area (Å²) in [4.78, 5) is 6.47. The predicted octanol–water partition coefficient (Wildman–Crippen LogP) is 0.515. The van der Waals surface area contributed by atoms with E-state index < -0.39 is 0 Å². The molecule has 17 heavy (non-hydrogen) atoms. The third-order valence-corrected chi connectivity index (χ3v) is 2.79. The van der Waals surface area contributed by atoms with Crippen LogP contribution in [0.3, 0.4) is 0 Å². The first kappa shape index (κ1) is 12.1. The molecule has 1 unspecified atom stereocenters. The Morgan fingerprint density at radius 3 is 3.18 bits per heavy atom. The number of hydrogen-bond donors (Lipinski definition) is 1. The van der Waals surface area contributed by atoms with Crippen LogP contribution in [0.2, 0.25) is 0 Å². The van der Waals surface area contributed by atoms with Gasteiger partial charge < -0.3 is 19.7 Å². The standard InChI is InChI=1S/C12H19N3O2/c1-15(9-10-8-13-6-7-17-10)11-4-3-5-12(14-11)16-2/h3-5,10,13H,6-9H2,1-2H3. The molecular weight excluding hydrogens is 218 g/mol. The Labute approximate surface area is 102 Å². The van der Waals surface area contributed by atoms with Gasteiger partial charge in [0.15, 0.2) is 0 Å². The highest BCUT2D eigenvalue weighted by Gasteiger charge is 2.16. The Balaban J connectivity index is 1.95. The number of ether oxygens (including phenoxy) is 2. The number of rotatable bonds is 4. The van der Waals surface area contributed by atoms with Crippen LogP contribution >= 0.6 is 0 Å². The van der Waals surface area contributed by atoms with E-state index in [0.717, 1.165) is 32.1 Å². The lowest BCUT2D eigenvalue weighted by molar-refractivity contribution is 0.0339. The van der Waals surface area contributed by atoms with Crippen LogP contribution in [-0.2, 0) is 4.74 Å². The van der Waals surface area contributed by atoms with Gasteiger partial charge in [0.05, 0.1) is 19.8 Å². The highest BCUT2D eigenvalue weighted by atomic mass is 16.5. The molecule has 1 aromatic heterocycles. The van der Waals surface area contributed by atoms with Crippen molar-refractivity contribution in [2.75, 3.05) is 45.3 Å². The molecule has 1 atom stereocenters. The van der Waals surface area contributed by atoms with E-state index in [0.29, 0.717) is 5.88 Å².